The summed E-state index contributed by atoms with van der Waals surface area (Å²) in [6, 6.07) is 5.00. The second-order valence-electron chi connectivity index (χ2n) is 10.5. The average Bonchev–Trinajstić information content (AvgIpc) is 3.64. The zero-order chi connectivity index (χ0) is 29.1. The Hall–Kier alpha value is -4.55. The number of halogens is 4. The van der Waals surface area contributed by atoms with Crippen molar-refractivity contribution in [2.24, 2.45) is 7.05 Å². The summed E-state index contributed by atoms with van der Waals surface area (Å²) in [5.41, 5.74) is -0.499. The molecule has 13 heteroatoms. The van der Waals surface area contributed by atoms with E-state index in [-0.39, 0.29) is 35.5 Å². The van der Waals surface area contributed by atoms with Crippen LogP contribution in [0.25, 0.3) is 22.6 Å². The first kappa shape index (κ1) is 26.7. The number of benzene rings is 1. The van der Waals surface area contributed by atoms with E-state index in [1.807, 2.05) is 0 Å². The average molecular weight is 569 g/mol. The lowest BCUT2D eigenvalue weighted by Gasteiger charge is -2.37. The minimum absolute atomic E-state index is 0.00798. The van der Waals surface area contributed by atoms with E-state index in [2.05, 4.69) is 19.9 Å². The topological polar surface area (TPSA) is 95.3 Å². The Labute approximate surface area is 231 Å². The van der Waals surface area contributed by atoms with Crippen LogP contribution in [0, 0.1) is 5.82 Å². The number of alkyl halides is 3. The summed E-state index contributed by atoms with van der Waals surface area (Å²) in [6.45, 7) is 3.30. The summed E-state index contributed by atoms with van der Waals surface area (Å²) in [7, 11) is 1.41. The van der Waals surface area contributed by atoms with Crippen molar-refractivity contribution < 1.29 is 31.8 Å². The number of anilines is 1. The summed E-state index contributed by atoms with van der Waals surface area (Å²) < 4.78 is 67.5. The summed E-state index contributed by atoms with van der Waals surface area (Å²) in [5, 5.41) is 0. The van der Waals surface area contributed by atoms with Crippen LogP contribution >= 0.6 is 0 Å². The van der Waals surface area contributed by atoms with Crippen molar-refractivity contribution in [3.8, 4) is 28.5 Å². The van der Waals surface area contributed by atoms with Crippen molar-refractivity contribution in [2.45, 2.75) is 51.1 Å². The van der Waals surface area contributed by atoms with Crippen molar-refractivity contribution in [1.29, 1.82) is 0 Å². The number of aromatic nitrogens is 5. The highest BCUT2D eigenvalue weighted by Gasteiger charge is 2.40. The molecule has 0 unspecified atom stereocenters. The number of carbonyl (C=O) groups is 1. The second kappa shape index (κ2) is 9.53. The first-order chi connectivity index (χ1) is 19.4. The number of cyclic esters (lactones) is 1. The van der Waals surface area contributed by atoms with E-state index in [9.17, 15) is 18.0 Å². The number of rotatable bonds is 6. The molecule has 0 saturated heterocycles. The van der Waals surface area contributed by atoms with E-state index in [1.54, 1.807) is 26.1 Å². The Bertz CT molecular complexity index is 1670. The van der Waals surface area contributed by atoms with Gasteiger partial charge in [0.1, 0.15) is 29.7 Å². The third kappa shape index (κ3) is 5.07. The Morgan fingerprint density at radius 3 is 2.59 bits per heavy atom. The molecule has 1 aliphatic carbocycles. The van der Waals surface area contributed by atoms with Crippen LogP contribution in [-0.2, 0) is 30.1 Å². The lowest BCUT2D eigenvalue weighted by atomic mass is 9.98. The number of carbonyl (C=O) groups excluding carboxylic acids is 1. The van der Waals surface area contributed by atoms with Crippen molar-refractivity contribution in [1.82, 2.24) is 24.5 Å². The lowest BCUT2D eigenvalue weighted by molar-refractivity contribution is -0.137. The molecular formula is C28H24F4N6O3. The highest BCUT2D eigenvalue weighted by Crippen LogP contribution is 2.40. The molecular weight excluding hydrogens is 544 g/mol. The van der Waals surface area contributed by atoms with Crippen LogP contribution in [0.2, 0.25) is 0 Å². The zero-order valence-electron chi connectivity index (χ0n) is 22.2. The molecule has 4 aromatic rings. The third-order valence-corrected chi connectivity index (χ3v) is 6.94. The van der Waals surface area contributed by atoms with E-state index in [0.717, 1.165) is 25.1 Å². The molecule has 0 spiro atoms. The maximum Gasteiger partial charge on any atom is 0.417 e. The molecule has 0 radical (unpaired) electrons. The van der Waals surface area contributed by atoms with E-state index in [4.69, 9.17) is 9.47 Å². The first-order valence-electron chi connectivity index (χ1n) is 12.8. The van der Waals surface area contributed by atoms with Crippen molar-refractivity contribution >= 4 is 11.9 Å². The molecule has 41 heavy (non-hydrogen) atoms. The molecule has 1 saturated carbocycles. The Morgan fingerprint density at radius 2 is 1.90 bits per heavy atom. The van der Waals surface area contributed by atoms with Crippen LogP contribution < -0.4 is 9.64 Å². The van der Waals surface area contributed by atoms with E-state index in [0.29, 0.717) is 22.6 Å². The summed E-state index contributed by atoms with van der Waals surface area (Å²) >= 11 is 0. The highest BCUT2D eigenvalue weighted by atomic mass is 19.4. The van der Waals surface area contributed by atoms with Gasteiger partial charge in [0.25, 0.3) is 0 Å². The van der Waals surface area contributed by atoms with Gasteiger partial charge in [0.2, 0.25) is 5.88 Å². The molecule has 212 valence electrons. The van der Waals surface area contributed by atoms with Gasteiger partial charge in [-0.05, 0) is 50.5 Å². The van der Waals surface area contributed by atoms with Gasteiger partial charge in [-0.15, -0.1) is 0 Å². The number of ether oxygens (including phenoxy) is 2. The molecule has 1 amide bonds. The van der Waals surface area contributed by atoms with Crippen molar-refractivity contribution in [3.05, 3.63) is 71.7 Å². The van der Waals surface area contributed by atoms with Crippen LogP contribution in [-0.4, -0.2) is 36.7 Å². The molecule has 4 heterocycles. The van der Waals surface area contributed by atoms with Crippen LogP contribution in [0.4, 0.5) is 28.2 Å². The number of hydrogen-bond donors (Lipinski definition) is 0. The largest absolute Gasteiger partial charge is 0.474 e. The number of amides is 1. The Kier molecular flexibility index (Phi) is 6.20. The molecule has 0 bridgehead atoms. The molecule has 1 aromatic carbocycles. The summed E-state index contributed by atoms with van der Waals surface area (Å²) in [6.07, 6.45) is 2.02. The fourth-order valence-corrected chi connectivity index (χ4v) is 4.63. The fraction of sp³-hybridized carbons (Fsp3) is 0.321. The van der Waals surface area contributed by atoms with Crippen LogP contribution in [0.3, 0.4) is 0 Å². The minimum atomic E-state index is -4.56. The quantitative estimate of drug-likeness (QED) is 0.262. The zero-order valence-corrected chi connectivity index (χ0v) is 22.2. The van der Waals surface area contributed by atoms with Gasteiger partial charge in [-0.25, -0.2) is 29.1 Å². The van der Waals surface area contributed by atoms with E-state index >= 15 is 4.39 Å². The third-order valence-electron chi connectivity index (χ3n) is 6.94. The Balaban J connectivity index is 1.35. The second-order valence-corrected chi connectivity index (χ2v) is 10.5. The van der Waals surface area contributed by atoms with Crippen LogP contribution in [0.1, 0.15) is 43.4 Å². The first-order valence-corrected chi connectivity index (χ1v) is 12.8. The SMILES string of the molecule is Cn1cc(C(F)(F)F)cc1-c1ccc(CN2C(=O)OC(C)(C)c3cnc(-c4cncnc4OC4CC4)nc32)cc1F. The van der Waals surface area contributed by atoms with Gasteiger partial charge < -0.3 is 14.0 Å². The van der Waals surface area contributed by atoms with Gasteiger partial charge in [-0.3, -0.25) is 4.90 Å². The molecule has 9 nitrogen and oxygen atoms in total. The smallest absolute Gasteiger partial charge is 0.417 e. The summed E-state index contributed by atoms with van der Waals surface area (Å²) in [4.78, 5) is 31.8. The van der Waals surface area contributed by atoms with Gasteiger partial charge >= 0.3 is 12.3 Å². The van der Waals surface area contributed by atoms with Crippen molar-refractivity contribution in [3.63, 3.8) is 0 Å². The number of fused-ring (bicyclic) bond motifs is 1. The normalized spacial score (nSPS) is 16.4. The van der Waals surface area contributed by atoms with Crippen molar-refractivity contribution in [2.75, 3.05) is 4.90 Å². The van der Waals surface area contributed by atoms with E-state index in [1.165, 1.54) is 41.2 Å². The highest BCUT2D eigenvalue weighted by molar-refractivity contribution is 5.90. The molecule has 2 aliphatic rings. The minimum Gasteiger partial charge on any atom is -0.474 e. The van der Waals surface area contributed by atoms with Crippen LogP contribution in [0.5, 0.6) is 5.88 Å². The van der Waals surface area contributed by atoms with Gasteiger partial charge in [-0.2, -0.15) is 13.2 Å². The van der Waals surface area contributed by atoms with Gasteiger partial charge in [0.05, 0.1) is 28.9 Å². The van der Waals surface area contributed by atoms with Gasteiger partial charge in [0, 0.05) is 31.2 Å². The van der Waals surface area contributed by atoms with E-state index < -0.39 is 29.3 Å². The maximum atomic E-state index is 15.2. The van der Waals surface area contributed by atoms with Crippen LogP contribution in [0.15, 0.2) is 49.2 Å². The monoisotopic (exact) mass is 568 g/mol. The molecule has 6 rings (SSSR count). The molecule has 1 fully saturated rings. The standard InChI is InChI=1S/C28H24F4N6O3/c1-27(2)20-11-34-23(19-10-33-14-35-25(19)40-17-5-6-17)36-24(20)38(26(39)41-27)12-15-4-7-18(21(29)8-15)22-9-16(13-37(22)3)28(30,31)32/h4,7-11,13-14,17H,5-6,12H2,1-3H3. The maximum absolute atomic E-state index is 15.2. The predicted octanol–water partition coefficient (Wildman–Crippen LogP) is 6.03. The number of aryl methyl sites for hydroxylation is 1. The molecule has 0 N–H and O–H groups in total. The van der Waals surface area contributed by atoms with Gasteiger partial charge in [-0.1, -0.05) is 6.07 Å². The lowest BCUT2D eigenvalue weighted by Crippen LogP contribution is -2.43. The van der Waals surface area contributed by atoms with Gasteiger partial charge in [0.15, 0.2) is 5.82 Å². The predicted molar refractivity (Wildman–Crippen MR) is 138 cm³/mol. The number of nitrogens with zero attached hydrogens (tertiary/aromatic N) is 6. The number of hydrogen-bond acceptors (Lipinski definition) is 7. The molecule has 0 atom stereocenters. The summed E-state index contributed by atoms with van der Waals surface area (Å²) in [5.74, 6) is 0.0918. The molecule has 3 aromatic heterocycles. The fourth-order valence-electron chi connectivity index (χ4n) is 4.63. The molecule has 1 aliphatic heterocycles. The Morgan fingerprint density at radius 1 is 1.12 bits per heavy atom.